The number of hydrazone groups is 1. The summed E-state index contributed by atoms with van der Waals surface area (Å²) in [5.74, 6) is 0.0554. The summed E-state index contributed by atoms with van der Waals surface area (Å²) in [5, 5.41) is 13.6. The van der Waals surface area contributed by atoms with Crippen LogP contribution in [0.4, 0.5) is 18.0 Å². The van der Waals surface area contributed by atoms with Gasteiger partial charge in [-0.3, -0.25) is 0 Å². The predicted molar refractivity (Wildman–Crippen MR) is 70.6 cm³/mol. The molecule has 0 aliphatic carbocycles. The zero-order valence-electron chi connectivity index (χ0n) is 12.8. The Morgan fingerprint density at radius 3 is 2.33 bits per heavy atom. The number of carbonyl (C=O) groups is 1. The Balaban J connectivity index is 3.08. The summed E-state index contributed by atoms with van der Waals surface area (Å²) in [4.78, 5) is 11.9. The number of halogens is 3. The van der Waals surface area contributed by atoms with E-state index < -0.39 is 30.0 Å². The van der Waals surface area contributed by atoms with Gasteiger partial charge in [-0.2, -0.15) is 23.3 Å². The van der Waals surface area contributed by atoms with Crippen LogP contribution in [0.15, 0.2) is 5.10 Å². The molecule has 1 unspecified atom stereocenters. The molecular weight excluding hydrogens is 289 g/mol. The average molecular weight is 310 g/mol. The maximum absolute atomic E-state index is 13.1. The number of nitrogens with zero attached hydrogens (tertiary/aromatic N) is 2. The van der Waals surface area contributed by atoms with Crippen LogP contribution < -0.4 is 0 Å². The summed E-state index contributed by atoms with van der Waals surface area (Å²) < 4.78 is 44.3. The van der Waals surface area contributed by atoms with Crippen molar-refractivity contribution in [1.82, 2.24) is 5.01 Å². The fourth-order valence-corrected chi connectivity index (χ4v) is 1.92. The lowest BCUT2D eigenvalue weighted by Gasteiger charge is -2.33. The van der Waals surface area contributed by atoms with Crippen molar-refractivity contribution in [3.63, 3.8) is 0 Å². The molecule has 0 fully saturated rings. The SMILES string of the molecule is CC(C)CC1=NN(C(=O)OC(C)(C)C)C(O)(C(F)(F)F)C1. The standard InChI is InChI=1S/C13H21F3N2O3/c1-8(2)6-9-7-12(20,13(14,15)16)18(17-9)10(19)21-11(3,4)5/h8,20H,6-7H2,1-5H3. The van der Waals surface area contributed by atoms with E-state index in [1.165, 1.54) is 20.8 Å². The number of hydrogen-bond acceptors (Lipinski definition) is 4. The number of carbonyl (C=O) groups excluding carboxylic acids is 1. The van der Waals surface area contributed by atoms with Gasteiger partial charge in [0.2, 0.25) is 0 Å². The zero-order chi connectivity index (χ0) is 16.6. The first-order valence-electron chi connectivity index (χ1n) is 6.65. The van der Waals surface area contributed by atoms with E-state index in [0.717, 1.165) is 0 Å². The summed E-state index contributed by atoms with van der Waals surface area (Å²) >= 11 is 0. The van der Waals surface area contributed by atoms with Crippen LogP contribution in [0.25, 0.3) is 0 Å². The smallest absolute Gasteiger partial charge is 0.439 e. The maximum Gasteiger partial charge on any atom is 0.439 e. The first kappa shape index (κ1) is 17.7. The fourth-order valence-electron chi connectivity index (χ4n) is 1.92. The zero-order valence-corrected chi connectivity index (χ0v) is 12.8. The van der Waals surface area contributed by atoms with Crippen LogP contribution in [0, 0.1) is 5.92 Å². The van der Waals surface area contributed by atoms with E-state index in [1.807, 2.05) is 13.8 Å². The molecule has 0 radical (unpaired) electrons. The van der Waals surface area contributed by atoms with Gasteiger partial charge in [-0.05, 0) is 33.1 Å². The Morgan fingerprint density at radius 2 is 1.95 bits per heavy atom. The Labute approximate surface area is 121 Å². The highest BCUT2D eigenvalue weighted by molar-refractivity contribution is 5.89. The average Bonchev–Trinajstić information content (AvgIpc) is 2.52. The second kappa shape index (κ2) is 5.47. The maximum atomic E-state index is 13.1. The van der Waals surface area contributed by atoms with Gasteiger partial charge in [-0.15, -0.1) is 0 Å². The molecule has 1 aliphatic heterocycles. The molecule has 1 aliphatic rings. The monoisotopic (exact) mass is 310 g/mol. The van der Waals surface area contributed by atoms with E-state index in [0.29, 0.717) is 0 Å². The molecule has 1 heterocycles. The molecule has 1 amide bonds. The number of hydrogen-bond donors (Lipinski definition) is 1. The minimum Gasteiger partial charge on any atom is -0.442 e. The van der Waals surface area contributed by atoms with Gasteiger partial charge in [0.25, 0.3) is 5.72 Å². The topological polar surface area (TPSA) is 62.1 Å². The van der Waals surface area contributed by atoms with Crippen LogP contribution in [0.5, 0.6) is 0 Å². The van der Waals surface area contributed by atoms with Crippen molar-refractivity contribution >= 4 is 11.8 Å². The first-order valence-corrected chi connectivity index (χ1v) is 6.65. The highest BCUT2D eigenvalue weighted by Crippen LogP contribution is 2.41. The van der Waals surface area contributed by atoms with Crippen molar-refractivity contribution in [2.75, 3.05) is 0 Å². The lowest BCUT2D eigenvalue weighted by molar-refractivity contribution is -0.300. The third kappa shape index (κ3) is 4.09. The van der Waals surface area contributed by atoms with Gasteiger partial charge in [0.15, 0.2) is 0 Å². The van der Waals surface area contributed by atoms with Crippen molar-refractivity contribution in [1.29, 1.82) is 0 Å². The number of rotatable bonds is 2. The highest BCUT2D eigenvalue weighted by atomic mass is 19.4. The fraction of sp³-hybridized carbons (Fsp3) is 0.846. The molecule has 1 N–H and O–H groups in total. The second-order valence-corrected chi connectivity index (χ2v) is 6.55. The molecule has 0 saturated heterocycles. The van der Waals surface area contributed by atoms with Crippen LogP contribution in [0.2, 0.25) is 0 Å². The summed E-state index contributed by atoms with van der Waals surface area (Å²) in [6.45, 7) is 8.18. The Bertz CT molecular complexity index is 441. The number of amides is 1. The molecule has 0 aromatic carbocycles. The summed E-state index contributed by atoms with van der Waals surface area (Å²) in [6.07, 6.45) is -6.83. The van der Waals surface area contributed by atoms with E-state index in [2.05, 4.69) is 5.10 Å². The van der Waals surface area contributed by atoms with Crippen molar-refractivity contribution < 1.29 is 27.8 Å². The largest absolute Gasteiger partial charge is 0.442 e. The van der Waals surface area contributed by atoms with Gasteiger partial charge < -0.3 is 9.84 Å². The van der Waals surface area contributed by atoms with E-state index in [1.54, 1.807) is 0 Å². The predicted octanol–water partition coefficient (Wildman–Crippen LogP) is 3.28. The molecule has 0 spiro atoms. The molecule has 0 saturated carbocycles. The number of aliphatic hydroxyl groups is 1. The Kier molecular flexibility index (Phi) is 4.62. The van der Waals surface area contributed by atoms with Crippen LogP contribution in [-0.2, 0) is 4.74 Å². The third-order valence-corrected chi connectivity index (χ3v) is 2.71. The molecule has 1 rings (SSSR count). The van der Waals surface area contributed by atoms with Gasteiger partial charge in [0, 0.05) is 12.1 Å². The minimum absolute atomic E-state index is 0.00988. The number of alkyl halides is 3. The molecule has 0 bridgehead atoms. The first-order chi connectivity index (χ1) is 9.26. The van der Waals surface area contributed by atoms with Crippen molar-refractivity contribution in [3.8, 4) is 0 Å². The Morgan fingerprint density at radius 1 is 1.43 bits per heavy atom. The van der Waals surface area contributed by atoms with Gasteiger partial charge in [0.05, 0.1) is 0 Å². The van der Waals surface area contributed by atoms with Gasteiger partial charge in [-0.25, -0.2) is 4.79 Å². The molecule has 0 aromatic rings. The van der Waals surface area contributed by atoms with E-state index in [9.17, 15) is 23.1 Å². The van der Waals surface area contributed by atoms with Gasteiger partial charge >= 0.3 is 12.3 Å². The second-order valence-electron chi connectivity index (χ2n) is 6.55. The van der Waals surface area contributed by atoms with Crippen molar-refractivity contribution in [2.24, 2.45) is 11.0 Å². The van der Waals surface area contributed by atoms with Crippen LogP contribution >= 0.6 is 0 Å². The van der Waals surface area contributed by atoms with Crippen molar-refractivity contribution in [3.05, 3.63) is 0 Å². The van der Waals surface area contributed by atoms with Gasteiger partial charge in [0.1, 0.15) is 5.60 Å². The lowest BCUT2D eigenvalue weighted by atomic mass is 9.99. The molecular formula is C13H21F3N2O3. The summed E-state index contributed by atoms with van der Waals surface area (Å²) in [5.41, 5.74) is -4.21. The normalized spacial score (nSPS) is 23.5. The molecule has 8 heteroatoms. The Hall–Kier alpha value is -1.31. The van der Waals surface area contributed by atoms with E-state index in [4.69, 9.17) is 4.74 Å². The third-order valence-electron chi connectivity index (χ3n) is 2.71. The quantitative estimate of drug-likeness (QED) is 0.851. The lowest BCUT2D eigenvalue weighted by Crippen LogP contribution is -2.57. The van der Waals surface area contributed by atoms with Crippen LogP contribution in [0.3, 0.4) is 0 Å². The van der Waals surface area contributed by atoms with Crippen molar-refractivity contribution in [2.45, 2.75) is 65.0 Å². The molecule has 0 aromatic heterocycles. The van der Waals surface area contributed by atoms with Gasteiger partial charge in [-0.1, -0.05) is 13.8 Å². The van der Waals surface area contributed by atoms with Crippen LogP contribution in [-0.4, -0.2) is 39.4 Å². The highest BCUT2D eigenvalue weighted by Gasteiger charge is 2.64. The molecule has 21 heavy (non-hydrogen) atoms. The number of ether oxygens (including phenoxy) is 1. The van der Waals surface area contributed by atoms with E-state index in [-0.39, 0.29) is 23.1 Å². The summed E-state index contributed by atoms with van der Waals surface area (Å²) in [6, 6.07) is 0. The molecule has 122 valence electrons. The minimum atomic E-state index is -5.02. The van der Waals surface area contributed by atoms with E-state index >= 15 is 0 Å². The molecule has 5 nitrogen and oxygen atoms in total. The summed E-state index contributed by atoms with van der Waals surface area (Å²) in [7, 11) is 0. The molecule has 1 atom stereocenters. The van der Waals surface area contributed by atoms with Crippen LogP contribution in [0.1, 0.15) is 47.5 Å².